The number of benzene rings is 1. The maximum absolute atomic E-state index is 12.7. The van der Waals surface area contributed by atoms with E-state index in [4.69, 9.17) is 0 Å². The molecule has 1 aromatic heterocycles. The molecule has 0 fully saturated rings. The lowest BCUT2D eigenvalue weighted by Crippen LogP contribution is -2.19. The first-order valence-corrected chi connectivity index (χ1v) is 12.0. The third kappa shape index (κ3) is 5.31. The normalized spacial score (nSPS) is 12.8. The lowest BCUT2D eigenvalue weighted by molar-refractivity contribution is -0.116. The largest absolute Gasteiger partial charge is 0.386 e. The number of hydrogen-bond donors (Lipinski definition) is 1. The predicted molar refractivity (Wildman–Crippen MR) is 115 cm³/mol. The number of rotatable bonds is 8. The van der Waals surface area contributed by atoms with E-state index in [9.17, 15) is 18.3 Å². The fourth-order valence-electron chi connectivity index (χ4n) is 3.24. The summed E-state index contributed by atoms with van der Waals surface area (Å²) in [4.78, 5) is 12.7. The van der Waals surface area contributed by atoms with Gasteiger partial charge in [0, 0.05) is 6.42 Å². The number of ketones is 1. The van der Waals surface area contributed by atoms with Crippen molar-refractivity contribution in [2.24, 2.45) is 0 Å². The van der Waals surface area contributed by atoms with Crippen molar-refractivity contribution in [2.45, 2.75) is 69.6 Å². The van der Waals surface area contributed by atoms with Crippen molar-refractivity contribution < 1.29 is 18.3 Å². The van der Waals surface area contributed by atoms with E-state index in [1.165, 1.54) is 6.07 Å². The Labute approximate surface area is 172 Å². The van der Waals surface area contributed by atoms with E-state index >= 15 is 0 Å². The van der Waals surface area contributed by atoms with Gasteiger partial charge in [0.2, 0.25) is 0 Å². The molecule has 2 aromatic rings. The van der Waals surface area contributed by atoms with Gasteiger partial charge in [0.1, 0.15) is 9.96 Å². The summed E-state index contributed by atoms with van der Waals surface area (Å²) in [6.07, 6.45) is 0.116. The van der Waals surface area contributed by atoms with Crippen LogP contribution in [0, 0.1) is 0 Å². The summed E-state index contributed by atoms with van der Waals surface area (Å²) in [5.74, 6) is -0.328. The van der Waals surface area contributed by atoms with E-state index in [1.54, 1.807) is 19.2 Å². The Bertz CT molecular complexity index is 919. The van der Waals surface area contributed by atoms with Crippen LogP contribution < -0.4 is 0 Å². The highest BCUT2D eigenvalue weighted by Crippen LogP contribution is 2.30. The van der Waals surface area contributed by atoms with Crippen LogP contribution in [0.3, 0.4) is 0 Å². The average molecular weight is 423 g/mol. The van der Waals surface area contributed by atoms with E-state index in [2.05, 4.69) is 27.7 Å². The Morgan fingerprint density at radius 3 is 2.07 bits per heavy atom. The summed E-state index contributed by atoms with van der Waals surface area (Å²) < 4.78 is 25.6. The smallest absolute Gasteiger partial charge is 0.194 e. The fourth-order valence-corrected chi connectivity index (χ4v) is 5.92. The standard InChI is InChI=1S/C22H30O4S2/c1-14(2)18-8-7-9-19(15(3)4)20(18)11-17(23)13-28(25,26)21-10-16(12-27-21)22(5,6)24/h7-10,12,14-15,24H,11,13H2,1-6H3. The van der Waals surface area contributed by atoms with E-state index < -0.39 is 21.2 Å². The summed E-state index contributed by atoms with van der Waals surface area (Å²) >= 11 is 1.05. The molecule has 0 amide bonds. The lowest BCUT2D eigenvalue weighted by atomic mass is 9.86. The van der Waals surface area contributed by atoms with Gasteiger partial charge in [0.05, 0.1) is 5.60 Å². The van der Waals surface area contributed by atoms with E-state index in [0.29, 0.717) is 5.56 Å². The maximum Gasteiger partial charge on any atom is 0.194 e. The molecule has 2 rings (SSSR count). The maximum atomic E-state index is 12.7. The van der Waals surface area contributed by atoms with Gasteiger partial charge in [-0.3, -0.25) is 4.79 Å². The van der Waals surface area contributed by atoms with Crippen molar-refractivity contribution >= 4 is 27.0 Å². The summed E-state index contributed by atoms with van der Waals surface area (Å²) in [6, 6.07) is 7.50. The first-order valence-electron chi connectivity index (χ1n) is 9.50. The van der Waals surface area contributed by atoms with E-state index in [-0.39, 0.29) is 28.2 Å². The molecule has 28 heavy (non-hydrogen) atoms. The second kappa shape index (κ2) is 8.47. The Kier molecular flexibility index (Phi) is 6.90. The minimum Gasteiger partial charge on any atom is -0.386 e. The zero-order valence-electron chi connectivity index (χ0n) is 17.4. The van der Waals surface area contributed by atoms with Crippen LogP contribution in [0.15, 0.2) is 33.9 Å². The highest BCUT2D eigenvalue weighted by atomic mass is 32.2. The first-order chi connectivity index (χ1) is 12.8. The van der Waals surface area contributed by atoms with Crippen LogP contribution >= 0.6 is 11.3 Å². The molecule has 0 spiro atoms. The van der Waals surface area contributed by atoms with Crippen LogP contribution in [-0.4, -0.2) is 25.1 Å². The Hall–Kier alpha value is -1.50. The van der Waals surface area contributed by atoms with E-state index in [1.807, 2.05) is 18.2 Å². The number of thiophene rings is 1. The summed E-state index contributed by atoms with van der Waals surface area (Å²) in [6.45, 7) is 11.5. The topological polar surface area (TPSA) is 71.4 Å². The molecule has 0 atom stereocenters. The van der Waals surface area contributed by atoms with Gasteiger partial charge in [-0.1, -0.05) is 45.9 Å². The van der Waals surface area contributed by atoms with Crippen molar-refractivity contribution in [3.8, 4) is 0 Å². The van der Waals surface area contributed by atoms with Crippen molar-refractivity contribution in [3.05, 3.63) is 51.9 Å². The number of Topliss-reactive ketones (excluding diaryl/α,β-unsaturated/α-hetero) is 1. The van der Waals surface area contributed by atoms with Crippen LogP contribution in [0.2, 0.25) is 0 Å². The number of carbonyl (C=O) groups excluding carboxylic acids is 1. The lowest BCUT2D eigenvalue weighted by Gasteiger charge is -2.19. The van der Waals surface area contributed by atoms with E-state index in [0.717, 1.165) is 28.0 Å². The number of aliphatic hydroxyl groups is 1. The quantitative estimate of drug-likeness (QED) is 0.663. The highest BCUT2D eigenvalue weighted by Gasteiger charge is 2.26. The molecule has 1 aromatic carbocycles. The second-order valence-corrected chi connectivity index (χ2v) is 11.5. The molecule has 6 heteroatoms. The summed E-state index contributed by atoms with van der Waals surface area (Å²) in [7, 11) is -3.73. The first kappa shape index (κ1) is 22.8. The monoisotopic (exact) mass is 422 g/mol. The fraction of sp³-hybridized carbons (Fsp3) is 0.500. The van der Waals surface area contributed by atoms with Crippen LogP contribution in [0.1, 0.15) is 75.6 Å². The second-order valence-electron chi connectivity index (χ2n) is 8.41. The Balaban J connectivity index is 2.28. The molecule has 0 aliphatic carbocycles. The van der Waals surface area contributed by atoms with Crippen molar-refractivity contribution in [3.63, 3.8) is 0 Å². The van der Waals surface area contributed by atoms with Gasteiger partial charge in [0.25, 0.3) is 0 Å². The van der Waals surface area contributed by atoms with Crippen molar-refractivity contribution in [1.29, 1.82) is 0 Å². The Morgan fingerprint density at radius 2 is 1.64 bits per heavy atom. The van der Waals surface area contributed by atoms with Crippen LogP contribution in [0.4, 0.5) is 0 Å². The van der Waals surface area contributed by atoms with Gasteiger partial charge < -0.3 is 5.11 Å². The molecule has 0 unspecified atom stereocenters. The SMILES string of the molecule is CC(C)c1cccc(C(C)C)c1CC(=O)CS(=O)(=O)c1cc(C(C)(C)O)cs1. The molecule has 1 heterocycles. The molecule has 4 nitrogen and oxygen atoms in total. The molecular formula is C22H30O4S2. The van der Waals surface area contributed by atoms with Gasteiger partial charge in [-0.15, -0.1) is 11.3 Å². The molecule has 0 aliphatic rings. The van der Waals surface area contributed by atoms with Gasteiger partial charge >= 0.3 is 0 Å². The third-order valence-corrected chi connectivity index (χ3v) is 8.01. The molecule has 0 bridgehead atoms. The minimum atomic E-state index is -3.73. The van der Waals surface area contributed by atoms with Crippen molar-refractivity contribution in [2.75, 3.05) is 5.75 Å². The van der Waals surface area contributed by atoms with Crippen LogP contribution in [-0.2, 0) is 26.7 Å². The zero-order chi connectivity index (χ0) is 21.3. The number of hydrogen-bond acceptors (Lipinski definition) is 5. The summed E-state index contributed by atoms with van der Waals surface area (Å²) in [5, 5.41) is 11.7. The van der Waals surface area contributed by atoms with Gasteiger partial charge in [-0.2, -0.15) is 0 Å². The average Bonchev–Trinajstić information content (AvgIpc) is 3.05. The molecule has 0 saturated heterocycles. The predicted octanol–water partition coefficient (Wildman–Crippen LogP) is 4.81. The van der Waals surface area contributed by atoms with Crippen molar-refractivity contribution in [1.82, 2.24) is 0 Å². The zero-order valence-corrected chi connectivity index (χ0v) is 19.1. The molecule has 0 radical (unpaired) electrons. The summed E-state index contributed by atoms with van der Waals surface area (Å²) in [5.41, 5.74) is 2.57. The van der Waals surface area contributed by atoms with Gasteiger partial charge in [-0.05, 0) is 59.4 Å². The number of carbonyl (C=O) groups is 1. The molecule has 154 valence electrons. The Morgan fingerprint density at radius 1 is 1.11 bits per heavy atom. The molecule has 0 aliphatic heterocycles. The van der Waals surface area contributed by atoms with Gasteiger partial charge in [-0.25, -0.2) is 8.42 Å². The highest BCUT2D eigenvalue weighted by molar-refractivity contribution is 7.94. The molecular weight excluding hydrogens is 392 g/mol. The minimum absolute atomic E-state index is 0.116. The molecule has 1 N–H and O–H groups in total. The third-order valence-electron chi connectivity index (χ3n) is 4.81. The van der Waals surface area contributed by atoms with Crippen LogP contribution in [0.5, 0.6) is 0 Å². The molecule has 0 saturated carbocycles. The van der Waals surface area contributed by atoms with Crippen LogP contribution in [0.25, 0.3) is 0 Å². The van der Waals surface area contributed by atoms with Gasteiger partial charge in [0.15, 0.2) is 15.6 Å². The number of sulfone groups is 1.